The van der Waals surface area contributed by atoms with E-state index in [4.69, 9.17) is 4.74 Å². The second kappa shape index (κ2) is 8.73. The molecule has 1 aliphatic rings. The van der Waals surface area contributed by atoms with Crippen LogP contribution in [0, 0.1) is 5.92 Å². The normalized spacial score (nSPS) is 18.5. The van der Waals surface area contributed by atoms with E-state index in [-0.39, 0.29) is 6.09 Å². The third kappa shape index (κ3) is 7.99. The SMILES string of the molecule is CC(O)CN(CCNC(C)CC1CCC1)C(=O)OC(C)(C)C. The summed E-state index contributed by atoms with van der Waals surface area (Å²) in [7, 11) is 0. The fourth-order valence-electron chi connectivity index (χ4n) is 2.66. The molecule has 0 heterocycles. The smallest absolute Gasteiger partial charge is 0.410 e. The number of rotatable bonds is 8. The molecule has 2 N–H and O–H groups in total. The summed E-state index contributed by atoms with van der Waals surface area (Å²) in [5.41, 5.74) is -0.515. The Morgan fingerprint density at radius 3 is 2.45 bits per heavy atom. The van der Waals surface area contributed by atoms with E-state index in [0.717, 1.165) is 12.5 Å². The topological polar surface area (TPSA) is 61.8 Å². The van der Waals surface area contributed by atoms with Gasteiger partial charge < -0.3 is 20.1 Å². The van der Waals surface area contributed by atoms with E-state index in [1.54, 1.807) is 11.8 Å². The van der Waals surface area contributed by atoms with Crippen LogP contribution in [-0.4, -0.2) is 53.5 Å². The zero-order chi connectivity index (χ0) is 16.8. The van der Waals surface area contributed by atoms with Crippen LogP contribution in [0.15, 0.2) is 0 Å². The van der Waals surface area contributed by atoms with Gasteiger partial charge in [0, 0.05) is 25.7 Å². The second-order valence-corrected chi connectivity index (χ2v) is 7.66. The quantitative estimate of drug-likeness (QED) is 0.723. The Bertz CT molecular complexity index is 335. The maximum atomic E-state index is 12.2. The van der Waals surface area contributed by atoms with Crippen LogP contribution in [0.2, 0.25) is 0 Å². The van der Waals surface area contributed by atoms with Gasteiger partial charge in [0.2, 0.25) is 0 Å². The van der Waals surface area contributed by atoms with Crippen molar-refractivity contribution in [2.45, 2.75) is 78.0 Å². The van der Waals surface area contributed by atoms with Crippen molar-refractivity contribution in [3.63, 3.8) is 0 Å². The van der Waals surface area contributed by atoms with E-state index in [1.165, 1.54) is 25.7 Å². The Morgan fingerprint density at radius 1 is 1.36 bits per heavy atom. The molecule has 1 fully saturated rings. The largest absolute Gasteiger partial charge is 0.444 e. The minimum atomic E-state index is -0.556. The minimum absolute atomic E-state index is 0.299. The number of aliphatic hydroxyl groups excluding tert-OH is 1. The zero-order valence-electron chi connectivity index (χ0n) is 14.9. The van der Waals surface area contributed by atoms with Crippen LogP contribution in [0.1, 0.15) is 60.3 Å². The summed E-state index contributed by atoms with van der Waals surface area (Å²) < 4.78 is 5.40. The monoisotopic (exact) mass is 314 g/mol. The minimum Gasteiger partial charge on any atom is -0.444 e. The molecule has 130 valence electrons. The summed E-state index contributed by atoms with van der Waals surface area (Å²) in [5.74, 6) is 0.877. The number of hydrogen-bond donors (Lipinski definition) is 2. The number of nitrogens with zero attached hydrogens (tertiary/aromatic N) is 1. The van der Waals surface area contributed by atoms with E-state index in [1.807, 2.05) is 20.8 Å². The van der Waals surface area contributed by atoms with Crippen molar-refractivity contribution in [1.29, 1.82) is 0 Å². The van der Waals surface area contributed by atoms with E-state index in [9.17, 15) is 9.90 Å². The number of aliphatic hydroxyl groups is 1. The van der Waals surface area contributed by atoms with Gasteiger partial charge in [0.1, 0.15) is 5.60 Å². The molecule has 0 aliphatic heterocycles. The molecule has 5 nitrogen and oxygen atoms in total. The van der Waals surface area contributed by atoms with Gasteiger partial charge in [-0.2, -0.15) is 0 Å². The molecule has 2 atom stereocenters. The molecule has 5 heteroatoms. The maximum Gasteiger partial charge on any atom is 0.410 e. The van der Waals surface area contributed by atoms with Crippen molar-refractivity contribution < 1.29 is 14.6 Å². The average Bonchev–Trinajstić information content (AvgIpc) is 2.30. The highest BCUT2D eigenvalue weighted by Crippen LogP contribution is 2.30. The molecular formula is C17H34N2O3. The number of carbonyl (C=O) groups excluding carboxylic acids is 1. The van der Waals surface area contributed by atoms with Gasteiger partial charge in [0.15, 0.2) is 0 Å². The molecule has 0 aromatic rings. The highest BCUT2D eigenvalue weighted by Gasteiger charge is 2.23. The van der Waals surface area contributed by atoms with E-state index >= 15 is 0 Å². The first-order chi connectivity index (χ1) is 10.2. The highest BCUT2D eigenvalue weighted by molar-refractivity contribution is 5.68. The van der Waals surface area contributed by atoms with Gasteiger partial charge in [-0.25, -0.2) is 4.79 Å². The standard InChI is InChI=1S/C17H34N2O3/c1-13(11-15-7-6-8-15)18-9-10-19(12-14(2)20)16(21)22-17(3,4)5/h13-15,18,20H,6-12H2,1-5H3. The van der Waals surface area contributed by atoms with Crippen molar-refractivity contribution in [2.75, 3.05) is 19.6 Å². The Labute approximate surface area is 135 Å². The predicted octanol–water partition coefficient (Wildman–Crippen LogP) is 2.77. The third-order valence-corrected chi connectivity index (χ3v) is 3.92. The van der Waals surface area contributed by atoms with E-state index < -0.39 is 11.7 Å². The second-order valence-electron chi connectivity index (χ2n) is 7.66. The first-order valence-corrected chi connectivity index (χ1v) is 8.56. The lowest BCUT2D eigenvalue weighted by molar-refractivity contribution is 0.0162. The third-order valence-electron chi connectivity index (χ3n) is 3.92. The van der Waals surface area contributed by atoms with Crippen LogP contribution in [0.3, 0.4) is 0 Å². The van der Waals surface area contributed by atoms with Gasteiger partial charge in [-0.15, -0.1) is 0 Å². The van der Waals surface area contributed by atoms with Crippen molar-refractivity contribution >= 4 is 6.09 Å². The molecule has 0 radical (unpaired) electrons. The first-order valence-electron chi connectivity index (χ1n) is 8.56. The Hall–Kier alpha value is -0.810. The molecular weight excluding hydrogens is 280 g/mol. The molecule has 1 rings (SSSR count). The predicted molar refractivity (Wildman–Crippen MR) is 88.9 cm³/mol. The summed E-state index contributed by atoms with van der Waals surface area (Å²) in [6.07, 6.45) is 4.39. The van der Waals surface area contributed by atoms with Crippen molar-refractivity contribution in [3.8, 4) is 0 Å². The summed E-state index contributed by atoms with van der Waals surface area (Å²) in [6.45, 7) is 11.0. The highest BCUT2D eigenvalue weighted by atomic mass is 16.6. The van der Waals surface area contributed by atoms with Crippen LogP contribution in [-0.2, 0) is 4.74 Å². The molecule has 1 aliphatic carbocycles. The van der Waals surface area contributed by atoms with Crippen LogP contribution in [0.25, 0.3) is 0 Å². The number of carbonyl (C=O) groups is 1. The Balaban J connectivity index is 2.35. The van der Waals surface area contributed by atoms with Crippen molar-refractivity contribution in [3.05, 3.63) is 0 Å². The van der Waals surface area contributed by atoms with Crippen LogP contribution < -0.4 is 5.32 Å². The van der Waals surface area contributed by atoms with Gasteiger partial charge in [-0.05, 0) is 47.0 Å². The average molecular weight is 314 g/mol. The summed E-state index contributed by atoms with van der Waals surface area (Å²) in [5, 5.41) is 13.0. The number of ether oxygens (including phenoxy) is 1. The van der Waals surface area contributed by atoms with Crippen LogP contribution in [0.5, 0.6) is 0 Å². The fraction of sp³-hybridized carbons (Fsp3) is 0.941. The molecule has 0 bridgehead atoms. The lowest BCUT2D eigenvalue weighted by Crippen LogP contribution is -2.44. The number of amides is 1. The molecule has 1 saturated carbocycles. The molecule has 1 amide bonds. The van der Waals surface area contributed by atoms with Crippen molar-refractivity contribution in [2.24, 2.45) is 5.92 Å². The zero-order valence-corrected chi connectivity index (χ0v) is 14.9. The molecule has 0 saturated heterocycles. The van der Waals surface area contributed by atoms with Crippen molar-refractivity contribution in [1.82, 2.24) is 10.2 Å². The summed E-state index contributed by atoms with van der Waals surface area (Å²) >= 11 is 0. The fourth-order valence-corrected chi connectivity index (χ4v) is 2.66. The molecule has 0 spiro atoms. The van der Waals surface area contributed by atoms with Gasteiger partial charge in [0.05, 0.1) is 6.10 Å². The van der Waals surface area contributed by atoms with Gasteiger partial charge in [-0.1, -0.05) is 19.3 Å². The molecule has 2 unspecified atom stereocenters. The Morgan fingerprint density at radius 2 is 2.00 bits per heavy atom. The number of nitrogens with one attached hydrogen (secondary N) is 1. The van der Waals surface area contributed by atoms with E-state index in [0.29, 0.717) is 19.1 Å². The lowest BCUT2D eigenvalue weighted by Gasteiger charge is -2.30. The van der Waals surface area contributed by atoms with Gasteiger partial charge in [0.25, 0.3) is 0 Å². The van der Waals surface area contributed by atoms with Gasteiger partial charge >= 0.3 is 6.09 Å². The summed E-state index contributed by atoms with van der Waals surface area (Å²) in [4.78, 5) is 13.8. The molecule has 0 aromatic carbocycles. The maximum absolute atomic E-state index is 12.2. The van der Waals surface area contributed by atoms with E-state index in [2.05, 4.69) is 12.2 Å². The molecule has 22 heavy (non-hydrogen) atoms. The molecule has 0 aromatic heterocycles. The Kier molecular flexibility index (Phi) is 7.63. The van der Waals surface area contributed by atoms with Gasteiger partial charge in [-0.3, -0.25) is 0 Å². The van der Waals surface area contributed by atoms with Crippen LogP contribution in [0.4, 0.5) is 4.79 Å². The van der Waals surface area contributed by atoms with Crippen LogP contribution >= 0.6 is 0 Å². The first kappa shape index (κ1) is 19.2. The lowest BCUT2D eigenvalue weighted by atomic mass is 9.81. The summed E-state index contributed by atoms with van der Waals surface area (Å²) in [6, 6.07) is 0.470. The number of hydrogen-bond acceptors (Lipinski definition) is 4.